The highest BCUT2D eigenvalue weighted by Gasteiger charge is 2.28. The summed E-state index contributed by atoms with van der Waals surface area (Å²) in [6, 6.07) is 0. The van der Waals surface area contributed by atoms with Crippen molar-refractivity contribution >= 4 is 0 Å². The first-order valence-corrected chi connectivity index (χ1v) is 6.07. The molecule has 1 aromatic rings. The Morgan fingerprint density at radius 1 is 1.11 bits per heavy atom. The number of hydrogen-bond donors (Lipinski definition) is 3. The predicted molar refractivity (Wildman–Crippen MR) is 66.1 cm³/mol. The molecule has 1 atom stereocenters. The van der Waals surface area contributed by atoms with Crippen LogP contribution in [-0.4, -0.2) is 49.5 Å². The molecule has 1 heterocycles. The quantitative estimate of drug-likeness (QED) is 0.652. The van der Waals surface area contributed by atoms with Crippen molar-refractivity contribution in [2.24, 2.45) is 0 Å². The molecular formula is C12H21N3O3. The van der Waals surface area contributed by atoms with Crippen LogP contribution in [0.5, 0.6) is 0 Å². The third kappa shape index (κ3) is 3.44. The Bertz CT molecular complexity index is 391. The van der Waals surface area contributed by atoms with E-state index in [1.54, 1.807) is 13.8 Å². The first kappa shape index (κ1) is 14.9. The SMILES string of the molecule is CC(c1nnnc(CCO)c1CCO)C(C)(C)O. The van der Waals surface area contributed by atoms with Crippen LogP contribution in [0.15, 0.2) is 0 Å². The van der Waals surface area contributed by atoms with Gasteiger partial charge in [0.25, 0.3) is 0 Å². The van der Waals surface area contributed by atoms with Crippen LogP contribution in [0.4, 0.5) is 0 Å². The monoisotopic (exact) mass is 255 g/mol. The molecule has 1 aromatic heterocycles. The Morgan fingerprint density at radius 2 is 1.72 bits per heavy atom. The van der Waals surface area contributed by atoms with Gasteiger partial charge < -0.3 is 15.3 Å². The van der Waals surface area contributed by atoms with Crippen LogP contribution in [0.25, 0.3) is 0 Å². The topological polar surface area (TPSA) is 99.4 Å². The van der Waals surface area contributed by atoms with Crippen molar-refractivity contribution in [3.05, 3.63) is 17.0 Å². The largest absolute Gasteiger partial charge is 0.396 e. The Labute approximate surface area is 107 Å². The second-order valence-corrected chi connectivity index (χ2v) is 4.92. The van der Waals surface area contributed by atoms with Gasteiger partial charge in [-0.15, -0.1) is 10.2 Å². The minimum absolute atomic E-state index is 0.0304. The fourth-order valence-electron chi connectivity index (χ4n) is 1.77. The summed E-state index contributed by atoms with van der Waals surface area (Å²) >= 11 is 0. The zero-order valence-corrected chi connectivity index (χ0v) is 11.1. The second kappa shape index (κ2) is 6.17. The highest BCUT2D eigenvalue weighted by Crippen LogP contribution is 2.29. The van der Waals surface area contributed by atoms with Gasteiger partial charge >= 0.3 is 0 Å². The summed E-state index contributed by atoms with van der Waals surface area (Å²) in [5.74, 6) is -0.230. The number of aromatic nitrogens is 3. The maximum Gasteiger partial charge on any atom is 0.0756 e. The van der Waals surface area contributed by atoms with Crippen molar-refractivity contribution in [2.45, 2.75) is 45.1 Å². The number of rotatable bonds is 6. The van der Waals surface area contributed by atoms with Gasteiger partial charge in [-0.2, -0.15) is 0 Å². The van der Waals surface area contributed by atoms with Gasteiger partial charge in [0.2, 0.25) is 0 Å². The maximum atomic E-state index is 10.1. The van der Waals surface area contributed by atoms with Crippen LogP contribution in [-0.2, 0) is 12.8 Å². The summed E-state index contributed by atoms with van der Waals surface area (Å²) in [5, 5.41) is 39.7. The summed E-state index contributed by atoms with van der Waals surface area (Å²) in [6.07, 6.45) is 0.768. The third-order valence-corrected chi connectivity index (χ3v) is 3.16. The van der Waals surface area contributed by atoms with Gasteiger partial charge in [-0.25, -0.2) is 0 Å². The van der Waals surface area contributed by atoms with Gasteiger partial charge in [0, 0.05) is 31.1 Å². The Hall–Kier alpha value is -1.11. The summed E-state index contributed by atoms with van der Waals surface area (Å²) in [7, 11) is 0. The Balaban J connectivity index is 3.21. The van der Waals surface area contributed by atoms with E-state index in [2.05, 4.69) is 15.4 Å². The minimum Gasteiger partial charge on any atom is -0.396 e. The zero-order valence-electron chi connectivity index (χ0n) is 11.1. The van der Waals surface area contributed by atoms with E-state index in [0.717, 1.165) is 5.56 Å². The molecule has 0 aliphatic carbocycles. The molecule has 102 valence electrons. The van der Waals surface area contributed by atoms with Crippen molar-refractivity contribution < 1.29 is 15.3 Å². The molecule has 0 aromatic carbocycles. The Morgan fingerprint density at radius 3 is 2.22 bits per heavy atom. The van der Waals surface area contributed by atoms with E-state index < -0.39 is 5.60 Å². The smallest absolute Gasteiger partial charge is 0.0756 e. The lowest BCUT2D eigenvalue weighted by atomic mass is 9.86. The van der Waals surface area contributed by atoms with Crippen molar-refractivity contribution in [3.8, 4) is 0 Å². The van der Waals surface area contributed by atoms with Crippen molar-refractivity contribution in [2.75, 3.05) is 13.2 Å². The molecule has 0 saturated carbocycles. The van der Waals surface area contributed by atoms with E-state index in [-0.39, 0.29) is 19.1 Å². The highest BCUT2D eigenvalue weighted by molar-refractivity contribution is 5.28. The van der Waals surface area contributed by atoms with E-state index in [9.17, 15) is 5.11 Å². The van der Waals surface area contributed by atoms with Crippen molar-refractivity contribution in [3.63, 3.8) is 0 Å². The van der Waals surface area contributed by atoms with Gasteiger partial charge in [0.15, 0.2) is 0 Å². The van der Waals surface area contributed by atoms with E-state index in [1.165, 1.54) is 0 Å². The molecule has 18 heavy (non-hydrogen) atoms. The van der Waals surface area contributed by atoms with Gasteiger partial charge in [-0.1, -0.05) is 6.92 Å². The first-order valence-electron chi connectivity index (χ1n) is 6.07. The van der Waals surface area contributed by atoms with E-state index >= 15 is 0 Å². The molecule has 3 N–H and O–H groups in total. The molecule has 0 bridgehead atoms. The summed E-state index contributed by atoms with van der Waals surface area (Å²) < 4.78 is 0. The molecule has 0 amide bonds. The molecule has 0 fully saturated rings. The van der Waals surface area contributed by atoms with Gasteiger partial charge in [0.1, 0.15) is 0 Å². The van der Waals surface area contributed by atoms with Crippen LogP contribution in [0.1, 0.15) is 43.6 Å². The third-order valence-electron chi connectivity index (χ3n) is 3.16. The van der Waals surface area contributed by atoms with Crippen LogP contribution in [0.3, 0.4) is 0 Å². The molecule has 0 aliphatic heterocycles. The molecule has 1 unspecified atom stereocenters. The summed E-state index contributed by atoms with van der Waals surface area (Å²) in [4.78, 5) is 0. The predicted octanol–water partition coefficient (Wildman–Crippen LogP) is -0.184. The fraction of sp³-hybridized carbons (Fsp3) is 0.750. The van der Waals surface area contributed by atoms with Crippen LogP contribution in [0.2, 0.25) is 0 Å². The maximum absolute atomic E-state index is 10.1. The average molecular weight is 255 g/mol. The molecule has 0 spiro atoms. The van der Waals surface area contributed by atoms with Crippen LogP contribution in [0, 0.1) is 0 Å². The van der Waals surface area contributed by atoms with E-state index in [0.29, 0.717) is 24.2 Å². The molecule has 6 heteroatoms. The molecule has 0 aliphatic rings. The standard InChI is InChI=1S/C12H21N3O3/c1-8(12(2,3)18)11-9(4-6-16)10(5-7-17)13-15-14-11/h8,16-18H,4-7H2,1-3H3. The summed E-state index contributed by atoms with van der Waals surface area (Å²) in [6.45, 7) is 5.20. The van der Waals surface area contributed by atoms with E-state index in [1.807, 2.05) is 6.92 Å². The number of aliphatic hydroxyl groups is 3. The van der Waals surface area contributed by atoms with Gasteiger partial charge in [-0.3, -0.25) is 0 Å². The number of hydrogen-bond acceptors (Lipinski definition) is 6. The Kier molecular flexibility index (Phi) is 5.13. The lowest BCUT2D eigenvalue weighted by Gasteiger charge is -2.26. The molecule has 6 nitrogen and oxygen atoms in total. The van der Waals surface area contributed by atoms with E-state index in [4.69, 9.17) is 10.2 Å². The number of aliphatic hydroxyl groups excluding tert-OH is 2. The van der Waals surface area contributed by atoms with Gasteiger partial charge in [-0.05, 0) is 25.5 Å². The molecule has 0 saturated heterocycles. The fourth-order valence-corrected chi connectivity index (χ4v) is 1.77. The zero-order chi connectivity index (χ0) is 13.8. The molecule has 0 radical (unpaired) electrons. The highest BCUT2D eigenvalue weighted by atomic mass is 16.3. The van der Waals surface area contributed by atoms with Crippen LogP contribution < -0.4 is 0 Å². The first-order chi connectivity index (χ1) is 8.41. The van der Waals surface area contributed by atoms with Crippen LogP contribution >= 0.6 is 0 Å². The molecular weight excluding hydrogens is 234 g/mol. The lowest BCUT2D eigenvalue weighted by molar-refractivity contribution is 0.0536. The average Bonchev–Trinajstić information content (AvgIpc) is 2.30. The normalized spacial score (nSPS) is 13.7. The summed E-state index contributed by atoms with van der Waals surface area (Å²) in [5.41, 5.74) is 1.11. The molecule has 1 rings (SSSR count). The van der Waals surface area contributed by atoms with Gasteiger partial charge in [0.05, 0.1) is 17.0 Å². The lowest BCUT2D eigenvalue weighted by Crippen LogP contribution is -2.29. The van der Waals surface area contributed by atoms with Crippen molar-refractivity contribution in [1.29, 1.82) is 0 Å². The number of nitrogens with zero attached hydrogens (tertiary/aromatic N) is 3. The minimum atomic E-state index is -0.934. The second-order valence-electron chi connectivity index (χ2n) is 4.92. The van der Waals surface area contributed by atoms with Crippen molar-refractivity contribution in [1.82, 2.24) is 15.4 Å².